The Morgan fingerprint density at radius 3 is 2.65 bits per heavy atom. The van der Waals surface area contributed by atoms with Gasteiger partial charge in [0.2, 0.25) is 0 Å². The molecule has 10 nitrogen and oxygen atoms in total. The Kier molecular flexibility index (Phi) is 8.50. The second kappa shape index (κ2) is 12.6. The summed E-state index contributed by atoms with van der Waals surface area (Å²) in [6.07, 6.45) is -2.13. The molecule has 0 aliphatic rings. The van der Waals surface area contributed by atoms with Gasteiger partial charge in [-0.3, -0.25) is 19.3 Å². The SMILES string of the molecule is Cc1cc(-c2cc(Cl)ccc2OCCn2c(C)nc3cc(C(F)(F)F)c(Nc4cccnc4)c(C#N)c3c2=O)c2scc(C(=O)O)c2n1. The van der Waals surface area contributed by atoms with Crippen molar-refractivity contribution in [1.29, 1.82) is 5.26 Å². The second-order valence-corrected chi connectivity index (χ2v) is 11.9. The summed E-state index contributed by atoms with van der Waals surface area (Å²) in [5.41, 5.74) is -0.853. The summed E-state index contributed by atoms with van der Waals surface area (Å²) < 4.78 is 50.6. The van der Waals surface area contributed by atoms with Crippen molar-refractivity contribution in [3.8, 4) is 22.9 Å². The molecular formula is C33H22ClF3N6O4S. The van der Waals surface area contributed by atoms with Crippen LogP contribution in [-0.2, 0) is 12.7 Å². The van der Waals surface area contributed by atoms with Gasteiger partial charge in [-0.2, -0.15) is 18.4 Å². The van der Waals surface area contributed by atoms with E-state index in [0.717, 1.165) is 6.07 Å². The number of aromatic nitrogens is 4. The van der Waals surface area contributed by atoms with Gasteiger partial charge in [-0.15, -0.1) is 11.3 Å². The molecule has 0 saturated heterocycles. The normalized spacial score (nSPS) is 11.5. The number of anilines is 2. The maximum absolute atomic E-state index is 14.2. The van der Waals surface area contributed by atoms with E-state index in [4.69, 9.17) is 16.3 Å². The number of carboxylic acids is 1. The van der Waals surface area contributed by atoms with Crippen molar-refractivity contribution in [2.45, 2.75) is 26.6 Å². The van der Waals surface area contributed by atoms with Crippen molar-refractivity contribution in [1.82, 2.24) is 19.5 Å². The summed E-state index contributed by atoms with van der Waals surface area (Å²) >= 11 is 7.57. The number of ether oxygens (including phenoxy) is 1. The van der Waals surface area contributed by atoms with Gasteiger partial charge in [0.1, 0.15) is 24.3 Å². The molecule has 0 fully saturated rings. The Labute approximate surface area is 278 Å². The third-order valence-corrected chi connectivity index (χ3v) is 8.71. The number of aromatic carboxylic acids is 1. The third kappa shape index (κ3) is 6.01. The zero-order valence-corrected chi connectivity index (χ0v) is 26.6. The molecular weight excluding hydrogens is 669 g/mol. The van der Waals surface area contributed by atoms with E-state index in [0.29, 0.717) is 37.8 Å². The van der Waals surface area contributed by atoms with Gasteiger partial charge < -0.3 is 15.2 Å². The van der Waals surface area contributed by atoms with Crippen LogP contribution in [0.5, 0.6) is 5.75 Å². The predicted molar refractivity (Wildman–Crippen MR) is 175 cm³/mol. The van der Waals surface area contributed by atoms with Gasteiger partial charge in [0.05, 0.1) is 61.9 Å². The molecule has 242 valence electrons. The quantitative estimate of drug-likeness (QED) is 0.164. The van der Waals surface area contributed by atoms with Crippen LogP contribution in [-0.4, -0.2) is 37.2 Å². The number of fused-ring (bicyclic) bond motifs is 2. The molecule has 0 unspecified atom stereocenters. The van der Waals surface area contributed by atoms with Crippen molar-refractivity contribution < 1.29 is 27.8 Å². The Morgan fingerprint density at radius 2 is 1.96 bits per heavy atom. The smallest absolute Gasteiger partial charge is 0.418 e. The molecule has 2 aromatic carbocycles. The van der Waals surface area contributed by atoms with Gasteiger partial charge in [0.15, 0.2) is 0 Å². The van der Waals surface area contributed by atoms with Crippen LogP contribution in [0.1, 0.15) is 33.0 Å². The summed E-state index contributed by atoms with van der Waals surface area (Å²) in [6.45, 7) is 3.07. The molecule has 0 amide bonds. The number of benzene rings is 2. The third-order valence-electron chi connectivity index (χ3n) is 7.47. The van der Waals surface area contributed by atoms with E-state index >= 15 is 0 Å². The minimum atomic E-state index is -4.86. The molecule has 0 saturated carbocycles. The number of alkyl halides is 3. The number of aryl methyl sites for hydroxylation is 2. The lowest BCUT2D eigenvalue weighted by Gasteiger charge is -2.19. The molecule has 2 N–H and O–H groups in total. The molecule has 6 rings (SSSR count). The molecule has 4 heterocycles. The number of nitrogens with zero attached hydrogens (tertiary/aromatic N) is 5. The Morgan fingerprint density at radius 1 is 1.17 bits per heavy atom. The standard InChI is InChI=1S/C33H22ClF3N6O4S/c1-16-10-21(30-29(40-16)23(15-48-30)32(45)46)20-11-18(34)5-6-26(20)47-9-8-43-17(2)41-25-12-24(33(35,36)37)28(22(13-38)27(25)31(43)44)42-19-4-3-7-39-14-19/h3-7,10-12,14-15,42H,8-9H2,1-2H3,(H,45,46). The highest BCUT2D eigenvalue weighted by Crippen LogP contribution is 2.42. The number of hydrogen-bond acceptors (Lipinski definition) is 9. The Hall–Kier alpha value is -5.52. The lowest BCUT2D eigenvalue weighted by Crippen LogP contribution is -2.28. The summed E-state index contributed by atoms with van der Waals surface area (Å²) in [4.78, 5) is 38.2. The predicted octanol–water partition coefficient (Wildman–Crippen LogP) is 7.75. The zero-order chi connectivity index (χ0) is 34.3. The minimum Gasteiger partial charge on any atom is -0.491 e. The van der Waals surface area contributed by atoms with Crippen LogP contribution in [0.25, 0.3) is 32.2 Å². The van der Waals surface area contributed by atoms with Crippen molar-refractivity contribution in [3.63, 3.8) is 0 Å². The number of carbonyl (C=O) groups is 1. The van der Waals surface area contributed by atoms with E-state index in [2.05, 4.69) is 20.3 Å². The lowest BCUT2D eigenvalue weighted by atomic mass is 10.0. The maximum atomic E-state index is 14.2. The molecule has 0 bridgehead atoms. The number of nitrogens with one attached hydrogen (secondary N) is 1. The van der Waals surface area contributed by atoms with E-state index in [1.165, 1.54) is 52.7 Å². The Balaban J connectivity index is 1.39. The fourth-order valence-corrected chi connectivity index (χ4v) is 6.56. The number of nitriles is 1. The highest BCUT2D eigenvalue weighted by Gasteiger charge is 2.37. The first-order chi connectivity index (χ1) is 22.9. The average molecular weight is 691 g/mol. The molecule has 0 atom stereocenters. The number of halogens is 4. The van der Waals surface area contributed by atoms with Crippen LogP contribution < -0.4 is 15.6 Å². The second-order valence-electron chi connectivity index (χ2n) is 10.6. The van der Waals surface area contributed by atoms with Gasteiger partial charge >= 0.3 is 12.1 Å². The minimum absolute atomic E-state index is 0.0696. The van der Waals surface area contributed by atoms with E-state index in [9.17, 15) is 33.1 Å². The molecule has 15 heteroatoms. The largest absolute Gasteiger partial charge is 0.491 e. The van der Waals surface area contributed by atoms with Crippen molar-refractivity contribution in [2.24, 2.45) is 0 Å². The van der Waals surface area contributed by atoms with Gasteiger partial charge in [-0.05, 0) is 56.3 Å². The lowest BCUT2D eigenvalue weighted by molar-refractivity contribution is -0.136. The first-order valence-corrected chi connectivity index (χ1v) is 15.4. The van der Waals surface area contributed by atoms with Crippen LogP contribution in [0, 0.1) is 25.2 Å². The van der Waals surface area contributed by atoms with Gasteiger partial charge in [-0.1, -0.05) is 11.6 Å². The van der Waals surface area contributed by atoms with Crippen LogP contribution in [0.4, 0.5) is 24.5 Å². The van der Waals surface area contributed by atoms with Crippen LogP contribution >= 0.6 is 22.9 Å². The van der Waals surface area contributed by atoms with E-state index in [1.54, 1.807) is 37.3 Å². The topological polar surface area (TPSA) is 143 Å². The summed E-state index contributed by atoms with van der Waals surface area (Å²) in [7, 11) is 0. The van der Waals surface area contributed by atoms with Crippen molar-refractivity contribution in [2.75, 3.05) is 11.9 Å². The van der Waals surface area contributed by atoms with Crippen LogP contribution in [0.2, 0.25) is 5.02 Å². The number of hydrogen-bond donors (Lipinski definition) is 2. The van der Waals surface area contributed by atoms with Crippen LogP contribution in [0.3, 0.4) is 0 Å². The zero-order valence-electron chi connectivity index (χ0n) is 25.0. The summed E-state index contributed by atoms with van der Waals surface area (Å²) in [6, 6.07) is 12.2. The molecule has 0 spiro atoms. The molecule has 0 aliphatic heterocycles. The number of pyridine rings is 2. The summed E-state index contributed by atoms with van der Waals surface area (Å²) in [5.74, 6) is -0.609. The van der Waals surface area contributed by atoms with E-state index in [-0.39, 0.29) is 41.1 Å². The fourth-order valence-electron chi connectivity index (χ4n) is 5.37. The molecule has 6 aromatic rings. The van der Waals surface area contributed by atoms with Crippen molar-refractivity contribution >= 4 is 61.4 Å². The highest BCUT2D eigenvalue weighted by molar-refractivity contribution is 7.18. The molecule has 0 aliphatic carbocycles. The molecule has 48 heavy (non-hydrogen) atoms. The number of rotatable bonds is 8. The first-order valence-electron chi connectivity index (χ1n) is 14.1. The molecule has 4 aromatic heterocycles. The fraction of sp³-hybridized carbons (Fsp3) is 0.152. The average Bonchev–Trinajstić information content (AvgIpc) is 3.47. The van der Waals surface area contributed by atoms with E-state index in [1.807, 2.05) is 0 Å². The van der Waals surface area contributed by atoms with Crippen molar-refractivity contribution in [3.05, 3.63) is 104 Å². The number of thiophene rings is 1. The van der Waals surface area contributed by atoms with Gasteiger partial charge in [-0.25, -0.2) is 9.78 Å². The maximum Gasteiger partial charge on any atom is 0.418 e. The number of carboxylic acid groups (broad SMARTS) is 1. The molecule has 0 radical (unpaired) electrons. The highest BCUT2D eigenvalue weighted by atomic mass is 35.5. The first kappa shape index (κ1) is 32.4. The summed E-state index contributed by atoms with van der Waals surface area (Å²) in [5, 5.41) is 23.9. The van der Waals surface area contributed by atoms with E-state index < -0.39 is 34.5 Å². The monoisotopic (exact) mass is 690 g/mol. The van der Waals surface area contributed by atoms with Gasteiger partial charge in [0, 0.05) is 33.4 Å². The van der Waals surface area contributed by atoms with Gasteiger partial charge in [0.25, 0.3) is 5.56 Å². The Bertz CT molecular complexity index is 2350. The van der Waals surface area contributed by atoms with Crippen LogP contribution in [0.15, 0.2) is 65.0 Å².